The summed E-state index contributed by atoms with van der Waals surface area (Å²) >= 11 is 0. The summed E-state index contributed by atoms with van der Waals surface area (Å²) in [6.07, 6.45) is 5.95. The maximum absolute atomic E-state index is 12.6. The minimum atomic E-state index is -0.288. The van der Waals surface area contributed by atoms with Gasteiger partial charge < -0.3 is 9.88 Å². The van der Waals surface area contributed by atoms with Crippen molar-refractivity contribution in [3.05, 3.63) is 54.1 Å². The van der Waals surface area contributed by atoms with Crippen molar-refractivity contribution in [1.82, 2.24) is 24.3 Å². The molecule has 1 aliphatic rings. The molecule has 0 saturated heterocycles. The summed E-state index contributed by atoms with van der Waals surface area (Å²) in [5, 5.41) is 7.19. The molecule has 7 nitrogen and oxygen atoms in total. The van der Waals surface area contributed by atoms with Gasteiger partial charge in [0.05, 0.1) is 12.0 Å². The number of rotatable bonds is 3. The van der Waals surface area contributed by atoms with Gasteiger partial charge in [0.1, 0.15) is 18.2 Å². The van der Waals surface area contributed by atoms with Gasteiger partial charge in [-0.15, -0.1) is 0 Å². The number of hydrogen-bond acceptors (Lipinski definition) is 4. The van der Waals surface area contributed by atoms with E-state index in [0.717, 1.165) is 47.8 Å². The number of anilines is 1. The lowest BCUT2D eigenvalue weighted by molar-refractivity contribution is -0.120. The first kappa shape index (κ1) is 15.6. The predicted octanol–water partition coefficient (Wildman–Crippen LogP) is 2.60. The Bertz CT molecular complexity index is 908. The molecule has 1 aliphatic heterocycles. The van der Waals surface area contributed by atoms with Gasteiger partial charge in [-0.25, -0.2) is 14.6 Å². The van der Waals surface area contributed by atoms with Crippen LogP contribution in [0.2, 0.25) is 0 Å². The number of benzene rings is 1. The van der Waals surface area contributed by atoms with Crippen molar-refractivity contribution < 1.29 is 4.79 Å². The number of hydrogen-bond donors (Lipinski definition) is 1. The zero-order valence-electron chi connectivity index (χ0n) is 14.3. The summed E-state index contributed by atoms with van der Waals surface area (Å²) in [5.41, 5.74) is 3.92. The maximum Gasteiger partial charge on any atom is 0.249 e. The van der Waals surface area contributed by atoms with Gasteiger partial charge in [-0.3, -0.25) is 4.79 Å². The number of amides is 1. The van der Waals surface area contributed by atoms with Gasteiger partial charge in [0, 0.05) is 23.5 Å². The van der Waals surface area contributed by atoms with Crippen molar-refractivity contribution in [2.24, 2.45) is 0 Å². The molecule has 0 saturated carbocycles. The topological polar surface area (TPSA) is 77.6 Å². The highest BCUT2D eigenvalue weighted by Crippen LogP contribution is 2.24. The SMILES string of the molecule is Cc1ncn(-c2ccc(NC(=O)C3CCCc4ncnn43)cc2)c1C. The Kier molecular flexibility index (Phi) is 3.83. The van der Waals surface area contributed by atoms with Crippen LogP contribution in [0.4, 0.5) is 5.69 Å². The molecule has 128 valence electrons. The number of carbonyl (C=O) groups excluding carboxylic acids is 1. The summed E-state index contributed by atoms with van der Waals surface area (Å²) in [7, 11) is 0. The molecular formula is C18H20N6O. The first-order chi connectivity index (χ1) is 12.1. The molecule has 3 heterocycles. The molecule has 1 atom stereocenters. The molecule has 1 N–H and O–H groups in total. The average molecular weight is 336 g/mol. The van der Waals surface area contributed by atoms with Crippen LogP contribution in [-0.4, -0.2) is 30.2 Å². The lowest BCUT2D eigenvalue weighted by Crippen LogP contribution is -2.30. The third-order valence-corrected chi connectivity index (χ3v) is 4.79. The number of nitrogens with zero attached hydrogens (tertiary/aromatic N) is 5. The van der Waals surface area contributed by atoms with Crippen molar-refractivity contribution in [2.45, 2.75) is 39.2 Å². The van der Waals surface area contributed by atoms with Crippen LogP contribution < -0.4 is 5.32 Å². The zero-order valence-corrected chi connectivity index (χ0v) is 14.3. The Morgan fingerprint density at radius 1 is 1.20 bits per heavy atom. The fourth-order valence-corrected chi connectivity index (χ4v) is 3.22. The van der Waals surface area contributed by atoms with E-state index >= 15 is 0 Å². The zero-order chi connectivity index (χ0) is 17.4. The average Bonchev–Trinajstić information content (AvgIpc) is 3.23. The van der Waals surface area contributed by atoms with Crippen LogP contribution in [0.3, 0.4) is 0 Å². The Balaban J connectivity index is 1.50. The normalized spacial score (nSPS) is 16.5. The number of nitrogens with one attached hydrogen (secondary N) is 1. The van der Waals surface area contributed by atoms with E-state index in [-0.39, 0.29) is 11.9 Å². The van der Waals surface area contributed by atoms with E-state index in [2.05, 4.69) is 20.4 Å². The molecule has 1 aromatic carbocycles. The Morgan fingerprint density at radius 2 is 2.00 bits per heavy atom. The minimum absolute atomic E-state index is 0.0474. The Hall–Kier alpha value is -2.96. The van der Waals surface area contributed by atoms with E-state index in [1.54, 1.807) is 4.68 Å². The van der Waals surface area contributed by atoms with Crippen LogP contribution in [0, 0.1) is 13.8 Å². The number of fused-ring (bicyclic) bond motifs is 1. The van der Waals surface area contributed by atoms with Gasteiger partial charge >= 0.3 is 0 Å². The van der Waals surface area contributed by atoms with Gasteiger partial charge in [0.2, 0.25) is 5.91 Å². The Morgan fingerprint density at radius 3 is 2.72 bits per heavy atom. The summed E-state index contributed by atoms with van der Waals surface area (Å²) in [4.78, 5) is 21.2. The predicted molar refractivity (Wildman–Crippen MR) is 93.7 cm³/mol. The Labute approximate surface area is 145 Å². The molecule has 1 amide bonds. The highest BCUT2D eigenvalue weighted by molar-refractivity contribution is 5.93. The lowest BCUT2D eigenvalue weighted by Gasteiger charge is -2.22. The fraction of sp³-hybridized carbons (Fsp3) is 0.333. The van der Waals surface area contributed by atoms with Gasteiger partial charge in [0.25, 0.3) is 0 Å². The second kappa shape index (κ2) is 6.16. The smallest absolute Gasteiger partial charge is 0.249 e. The maximum atomic E-state index is 12.6. The van der Waals surface area contributed by atoms with Crippen molar-refractivity contribution in [3.63, 3.8) is 0 Å². The molecule has 3 aromatic rings. The van der Waals surface area contributed by atoms with Crippen LogP contribution in [-0.2, 0) is 11.2 Å². The molecule has 0 spiro atoms. The molecule has 4 rings (SSSR count). The molecule has 25 heavy (non-hydrogen) atoms. The van der Waals surface area contributed by atoms with Crippen LogP contribution in [0.25, 0.3) is 5.69 Å². The first-order valence-corrected chi connectivity index (χ1v) is 8.43. The molecular weight excluding hydrogens is 316 g/mol. The number of imidazole rings is 1. The van der Waals surface area contributed by atoms with Crippen LogP contribution in [0.15, 0.2) is 36.9 Å². The summed E-state index contributed by atoms with van der Waals surface area (Å²) in [5.74, 6) is 0.835. The lowest BCUT2D eigenvalue weighted by atomic mass is 10.0. The van der Waals surface area contributed by atoms with E-state index in [0.29, 0.717) is 0 Å². The van der Waals surface area contributed by atoms with Crippen LogP contribution in [0.5, 0.6) is 0 Å². The van der Waals surface area contributed by atoms with Crippen molar-refractivity contribution >= 4 is 11.6 Å². The number of aromatic nitrogens is 5. The summed E-state index contributed by atoms with van der Waals surface area (Å²) in [6, 6.07) is 7.49. The summed E-state index contributed by atoms with van der Waals surface area (Å²) < 4.78 is 3.77. The fourth-order valence-electron chi connectivity index (χ4n) is 3.22. The van der Waals surface area contributed by atoms with Crippen molar-refractivity contribution in [1.29, 1.82) is 0 Å². The third kappa shape index (κ3) is 2.82. The van der Waals surface area contributed by atoms with Crippen LogP contribution in [0.1, 0.15) is 36.1 Å². The van der Waals surface area contributed by atoms with E-state index in [4.69, 9.17) is 0 Å². The van der Waals surface area contributed by atoms with Crippen LogP contribution >= 0.6 is 0 Å². The second-order valence-corrected chi connectivity index (χ2v) is 6.35. The van der Waals surface area contributed by atoms with Gasteiger partial charge in [0.15, 0.2) is 0 Å². The molecule has 0 aliphatic carbocycles. The molecule has 2 aromatic heterocycles. The van der Waals surface area contributed by atoms with Crippen molar-refractivity contribution in [3.8, 4) is 5.69 Å². The van der Waals surface area contributed by atoms with E-state index in [1.807, 2.05) is 49.0 Å². The molecule has 0 bridgehead atoms. The van der Waals surface area contributed by atoms with Crippen molar-refractivity contribution in [2.75, 3.05) is 5.32 Å². The van der Waals surface area contributed by atoms with E-state index in [1.165, 1.54) is 6.33 Å². The number of aryl methyl sites for hydroxylation is 2. The van der Waals surface area contributed by atoms with E-state index < -0.39 is 0 Å². The van der Waals surface area contributed by atoms with Gasteiger partial charge in [-0.05, 0) is 51.0 Å². The third-order valence-electron chi connectivity index (χ3n) is 4.79. The van der Waals surface area contributed by atoms with Gasteiger partial charge in [-0.1, -0.05) is 0 Å². The highest BCUT2D eigenvalue weighted by atomic mass is 16.2. The molecule has 0 fully saturated rings. The second-order valence-electron chi connectivity index (χ2n) is 6.35. The highest BCUT2D eigenvalue weighted by Gasteiger charge is 2.27. The molecule has 0 radical (unpaired) electrons. The van der Waals surface area contributed by atoms with Gasteiger partial charge in [-0.2, -0.15) is 5.10 Å². The van der Waals surface area contributed by atoms with E-state index in [9.17, 15) is 4.79 Å². The standard InChI is InChI=1S/C18H20N6O/c1-12-13(2)23(11-20-12)15-8-6-14(7-9-15)22-18(25)16-4-3-5-17-19-10-21-24(16)17/h6-11,16H,3-5H2,1-2H3,(H,22,25). The molecule has 1 unspecified atom stereocenters. The monoisotopic (exact) mass is 336 g/mol. The summed E-state index contributed by atoms with van der Waals surface area (Å²) in [6.45, 7) is 4.03. The molecule has 7 heteroatoms. The quantitative estimate of drug-likeness (QED) is 0.797. The minimum Gasteiger partial charge on any atom is -0.324 e. The largest absolute Gasteiger partial charge is 0.324 e. The number of carbonyl (C=O) groups is 1. The first-order valence-electron chi connectivity index (χ1n) is 8.43.